The molecule has 0 amide bonds. The number of hydrogen-bond acceptors (Lipinski definition) is 2. The maximum absolute atomic E-state index is 2.66. The predicted molar refractivity (Wildman–Crippen MR) is 101 cm³/mol. The minimum Gasteiger partial charge on any atom is -0.304 e. The van der Waals surface area contributed by atoms with Crippen LogP contribution in [-0.2, 0) is 6.42 Å². The monoisotopic (exact) mass is 310 g/mol. The lowest BCUT2D eigenvalue weighted by Gasteiger charge is -2.38. The van der Waals surface area contributed by atoms with Crippen LogP contribution in [0.5, 0.6) is 0 Å². The van der Waals surface area contributed by atoms with Crippen LogP contribution in [0.2, 0.25) is 0 Å². The Bertz CT molecular complexity index is 508. The molecule has 0 radical (unpaired) electrons. The third kappa shape index (κ3) is 6.55. The summed E-state index contributed by atoms with van der Waals surface area (Å²) in [6.07, 6.45) is 15.0. The highest BCUT2D eigenvalue weighted by atomic mass is 15.3. The SMILES string of the molecule is C\C=C/C=C\C=C\CC(Cc1ccccc1)N1CCN(C)CC1. The molecule has 1 aliphatic rings. The van der Waals surface area contributed by atoms with Crippen molar-refractivity contribution in [2.75, 3.05) is 33.2 Å². The highest BCUT2D eigenvalue weighted by Gasteiger charge is 2.21. The van der Waals surface area contributed by atoms with Gasteiger partial charge in [0.15, 0.2) is 0 Å². The van der Waals surface area contributed by atoms with Crippen LogP contribution in [0.15, 0.2) is 66.8 Å². The quantitative estimate of drug-likeness (QED) is 0.704. The lowest BCUT2D eigenvalue weighted by Crippen LogP contribution is -2.49. The molecule has 0 bridgehead atoms. The molecule has 0 N–H and O–H groups in total. The third-order valence-electron chi connectivity index (χ3n) is 4.44. The maximum Gasteiger partial charge on any atom is 0.0171 e. The van der Waals surface area contributed by atoms with Crippen LogP contribution in [0, 0.1) is 0 Å². The van der Waals surface area contributed by atoms with Crippen LogP contribution < -0.4 is 0 Å². The molecule has 0 aromatic heterocycles. The number of allylic oxidation sites excluding steroid dienone is 5. The molecular weight excluding hydrogens is 280 g/mol. The molecule has 1 aromatic rings. The van der Waals surface area contributed by atoms with Crippen LogP contribution in [0.4, 0.5) is 0 Å². The average molecular weight is 310 g/mol. The Labute approximate surface area is 141 Å². The molecule has 1 heterocycles. The Hall–Kier alpha value is -1.64. The second kappa shape index (κ2) is 10.2. The number of benzene rings is 1. The summed E-state index contributed by atoms with van der Waals surface area (Å²) in [4.78, 5) is 5.08. The maximum atomic E-state index is 2.66. The van der Waals surface area contributed by atoms with Gasteiger partial charge in [-0.15, -0.1) is 0 Å². The zero-order valence-electron chi connectivity index (χ0n) is 14.6. The summed E-state index contributed by atoms with van der Waals surface area (Å²) in [5, 5.41) is 0. The highest BCUT2D eigenvalue weighted by Crippen LogP contribution is 2.15. The van der Waals surface area contributed by atoms with Crippen LogP contribution in [-0.4, -0.2) is 49.1 Å². The van der Waals surface area contributed by atoms with E-state index in [1.165, 1.54) is 31.7 Å². The van der Waals surface area contributed by atoms with Gasteiger partial charge >= 0.3 is 0 Å². The zero-order valence-corrected chi connectivity index (χ0v) is 14.6. The number of hydrogen-bond donors (Lipinski definition) is 0. The number of likely N-dealkylation sites (N-methyl/N-ethyl adjacent to an activating group) is 1. The third-order valence-corrected chi connectivity index (χ3v) is 4.44. The van der Waals surface area contributed by atoms with E-state index in [1.54, 1.807) is 0 Å². The van der Waals surface area contributed by atoms with Gasteiger partial charge in [-0.25, -0.2) is 0 Å². The summed E-state index contributed by atoms with van der Waals surface area (Å²) in [6, 6.07) is 11.5. The Balaban J connectivity index is 1.96. The van der Waals surface area contributed by atoms with Crippen molar-refractivity contribution in [2.45, 2.75) is 25.8 Å². The summed E-state index contributed by atoms with van der Waals surface area (Å²) < 4.78 is 0. The molecule has 2 heteroatoms. The first-order valence-electron chi connectivity index (χ1n) is 8.70. The first-order chi connectivity index (χ1) is 11.3. The summed E-state index contributed by atoms with van der Waals surface area (Å²) in [5.41, 5.74) is 1.44. The van der Waals surface area contributed by atoms with E-state index in [0.717, 1.165) is 12.8 Å². The summed E-state index contributed by atoms with van der Waals surface area (Å²) in [5.74, 6) is 0. The Morgan fingerprint density at radius 2 is 1.65 bits per heavy atom. The fourth-order valence-electron chi connectivity index (χ4n) is 2.99. The predicted octanol–water partition coefficient (Wildman–Crippen LogP) is 3.92. The number of piperazine rings is 1. The van der Waals surface area contributed by atoms with Crippen molar-refractivity contribution < 1.29 is 0 Å². The molecule has 2 nitrogen and oxygen atoms in total. The Kier molecular flexibility index (Phi) is 7.85. The minimum absolute atomic E-state index is 0.595. The first-order valence-corrected chi connectivity index (χ1v) is 8.70. The van der Waals surface area contributed by atoms with E-state index in [4.69, 9.17) is 0 Å². The minimum atomic E-state index is 0.595. The van der Waals surface area contributed by atoms with Gasteiger partial charge < -0.3 is 4.90 Å². The van der Waals surface area contributed by atoms with Gasteiger partial charge in [0, 0.05) is 32.2 Å². The zero-order chi connectivity index (χ0) is 16.3. The average Bonchev–Trinajstić information content (AvgIpc) is 2.58. The molecule has 1 saturated heterocycles. The molecule has 124 valence electrons. The normalized spacial score (nSPS) is 19.2. The number of nitrogens with zero attached hydrogens (tertiary/aromatic N) is 2. The van der Waals surface area contributed by atoms with Gasteiger partial charge in [0.1, 0.15) is 0 Å². The summed E-state index contributed by atoms with van der Waals surface area (Å²) >= 11 is 0. The highest BCUT2D eigenvalue weighted by molar-refractivity contribution is 5.17. The van der Waals surface area contributed by atoms with Crippen LogP contribution in [0.1, 0.15) is 18.9 Å². The van der Waals surface area contributed by atoms with Gasteiger partial charge in [0.2, 0.25) is 0 Å². The largest absolute Gasteiger partial charge is 0.304 e. The van der Waals surface area contributed by atoms with Crippen molar-refractivity contribution in [3.63, 3.8) is 0 Å². The van der Waals surface area contributed by atoms with Crippen molar-refractivity contribution in [1.82, 2.24) is 9.80 Å². The Morgan fingerprint density at radius 1 is 0.957 bits per heavy atom. The van der Waals surface area contributed by atoms with Crippen molar-refractivity contribution in [1.29, 1.82) is 0 Å². The second-order valence-corrected chi connectivity index (χ2v) is 6.26. The van der Waals surface area contributed by atoms with Crippen molar-refractivity contribution >= 4 is 0 Å². The molecule has 1 atom stereocenters. The summed E-state index contributed by atoms with van der Waals surface area (Å²) in [7, 11) is 2.22. The van der Waals surface area contributed by atoms with E-state index in [2.05, 4.69) is 77.6 Å². The molecule has 1 fully saturated rings. The van der Waals surface area contributed by atoms with Gasteiger partial charge in [-0.05, 0) is 32.4 Å². The van der Waals surface area contributed by atoms with Crippen molar-refractivity contribution in [3.05, 3.63) is 72.4 Å². The topological polar surface area (TPSA) is 6.48 Å². The van der Waals surface area contributed by atoms with Gasteiger partial charge in [-0.1, -0.05) is 66.8 Å². The molecule has 1 aliphatic heterocycles. The fraction of sp³-hybridized carbons (Fsp3) is 0.429. The van der Waals surface area contributed by atoms with E-state index in [1.807, 2.05) is 13.0 Å². The van der Waals surface area contributed by atoms with E-state index in [9.17, 15) is 0 Å². The van der Waals surface area contributed by atoms with E-state index >= 15 is 0 Å². The smallest absolute Gasteiger partial charge is 0.0171 e. The van der Waals surface area contributed by atoms with Crippen LogP contribution in [0.25, 0.3) is 0 Å². The lowest BCUT2D eigenvalue weighted by molar-refractivity contribution is 0.112. The molecule has 0 spiro atoms. The van der Waals surface area contributed by atoms with Crippen molar-refractivity contribution in [3.8, 4) is 0 Å². The van der Waals surface area contributed by atoms with Gasteiger partial charge in [-0.2, -0.15) is 0 Å². The van der Waals surface area contributed by atoms with Crippen LogP contribution in [0.3, 0.4) is 0 Å². The summed E-state index contributed by atoms with van der Waals surface area (Å²) in [6.45, 7) is 6.75. The standard InChI is InChI=1S/C21H30N2/c1-3-4-5-6-7-11-14-21(19-20-12-9-8-10-13-20)23-17-15-22(2)16-18-23/h3-13,21H,14-19H2,1-2H3/b4-3-,6-5-,11-7+. The van der Waals surface area contributed by atoms with Crippen LogP contribution >= 0.6 is 0 Å². The molecule has 2 rings (SSSR count). The number of rotatable bonds is 7. The molecule has 1 unspecified atom stereocenters. The molecule has 23 heavy (non-hydrogen) atoms. The van der Waals surface area contributed by atoms with Gasteiger partial charge in [0.25, 0.3) is 0 Å². The van der Waals surface area contributed by atoms with E-state index in [-0.39, 0.29) is 0 Å². The molecule has 0 aliphatic carbocycles. The lowest BCUT2D eigenvalue weighted by atomic mass is 10.0. The van der Waals surface area contributed by atoms with Gasteiger partial charge in [0.05, 0.1) is 0 Å². The van der Waals surface area contributed by atoms with E-state index in [0.29, 0.717) is 6.04 Å². The van der Waals surface area contributed by atoms with Gasteiger partial charge in [-0.3, -0.25) is 4.90 Å². The fourth-order valence-corrected chi connectivity index (χ4v) is 2.99. The molecular formula is C21H30N2. The Morgan fingerprint density at radius 3 is 2.35 bits per heavy atom. The molecule has 1 aromatic carbocycles. The first kappa shape index (κ1) is 17.7. The molecule has 0 saturated carbocycles. The van der Waals surface area contributed by atoms with E-state index < -0.39 is 0 Å². The second-order valence-electron chi connectivity index (χ2n) is 6.26. The van der Waals surface area contributed by atoms with Crippen molar-refractivity contribution in [2.24, 2.45) is 0 Å².